The SMILES string of the molecule is O=C(COCc1cnc(C2CC2)nc1NCC1CC1)NCC1CC1. The largest absolute Gasteiger partial charge is 0.369 e. The first kappa shape index (κ1) is 15.8. The minimum absolute atomic E-state index is 0.0371. The molecule has 1 aromatic rings. The van der Waals surface area contributed by atoms with Gasteiger partial charge in [-0.3, -0.25) is 4.79 Å². The van der Waals surface area contributed by atoms with Crippen molar-refractivity contribution in [3.63, 3.8) is 0 Å². The van der Waals surface area contributed by atoms with Gasteiger partial charge in [-0.15, -0.1) is 0 Å². The van der Waals surface area contributed by atoms with Crippen LogP contribution in [0.4, 0.5) is 5.82 Å². The van der Waals surface area contributed by atoms with E-state index in [4.69, 9.17) is 9.72 Å². The van der Waals surface area contributed by atoms with E-state index in [1.54, 1.807) is 0 Å². The van der Waals surface area contributed by atoms with Crippen molar-refractivity contribution in [3.05, 3.63) is 17.6 Å². The quantitative estimate of drug-likeness (QED) is 0.688. The van der Waals surface area contributed by atoms with Gasteiger partial charge in [0.05, 0.1) is 6.61 Å². The monoisotopic (exact) mass is 330 g/mol. The number of rotatable bonds is 10. The molecular formula is C18H26N4O2. The van der Waals surface area contributed by atoms with Crippen LogP contribution in [0.1, 0.15) is 55.8 Å². The van der Waals surface area contributed by atoms with Crippen LogP contribution in [-0.2, 0) is 16.1 Å². The highest BCUT2D eigenvalue weighted by Crippen LogP contribution is 2.38. The summed E-state index contributed by atoms with van der Waals surface area (Å²) >= 11 is 0. The van der Waals surface area contributed by atoms with Gasteiger partial charge in [0.25, 0.3) is 0 Å². The van der Waals surface area contributed by atoms with Crippen molar-refractivity contribution in [2.24, 2.45) is 11.8 Å². The van der Waals surface area contributed by atoms with E-state index in [0.717, 1.165) is 36.2 Å². The van der Waals surface area contributed by atoms with Crippen molar-refractivity contribution in [1.29, 1.82) is 0 Å². The average molecular weight is 330 g/mol. The van der Waals surface area contributed by atoms with Crippen LogP contribution >= 0.6 is 0 Å². The molecule has 24 heavy (non-hydrogen) atoms. The zero-order chi connectivity index (χ0) is 16.4. The van der Waals surface area contributed by atoms with E-state index < -0.39 is 0 Å². The van der Waals surface area contributed by atoms with Crippen molar-refractivity contribution in [2.45, 2.75) is 51.0 Å². The van der Waals surface area contributed by atoms with E-state index in [1.165, 1.54) is 38.5 Å². The number of ether oxygens (including phenoxy) is 1. The molecule has 0 spiro atoms. The Balaban J connectivity index is 1.29. The van der Waals surface area contributed by atoms with Crippen molar-refractivity contribution in [3.8, 4) is 0 Å². The zero-order valence-electron chi connectivity index (χ0n) is 14.1. The van der Waals surface area contributed by atoms with Gasteiger partial charge in [0.15, 0.2) is 0 Å². The summed E-state index contributed by atoms with van der Waals surface area (Å²) in [5.41, 5.74) is 0.940. The fourth-order valence-corrected chi connectivity index (χ4v) is 2.67. The number of hydrogen-bond acceptors (Lipinski definition) is 5. The predicted octanol–water partition coefficient (Wildman–Crippen LogP) is 2.22. The Morgan fingerprint density at radius 3 is 2.58 bits per heavy atom. The summed E-state index contributed by atoms with van der Waals surface area (Å²) in [5.74, 6) is 3.80. The molecule has 0 aliphatic heterocycles. The summed E-state index contributed by atoms with van der Waals surface area (Å²) < 4.78 is 5.58. The second-order valence-electron chi connectivity index (χ2n) is 7.44. The van der Waals surface area contributed by atoms with Gasteiger partial charge in [-0.1, -0.05) is 0 Å². The number of aromatic nitrogens is 2. The number of anilines is 1. The third-order valence-electron chi connectivity index (χ3n) is 4.86. The number of amides is 1. The van der Waals surface area contributed by atoms with E-state index >= 15 is 0 Å². The van der Waals surface area contributed by atoms with Gasteiger partial charge in [0.2, 0.25) is 5.91 Å². The first-order chi connectivity index (χ1) is 11.8. The summed E-state index contributed by atoms with van der Waals surface area (Å²) in [6.45, 7) is 2.22. The maximum Gasteiger partial charge on any atom is 0.246 e. The Kier molecular flexibility index (Phi) is 4.65. The van der Waals surface area contributed by atoms with E-state index in [9.17, 15) is 4.79 Å². The lowest BCUT2D eigenvalue weighted by molar-refractivity contribution is -0.126. The van der Waals surface area contributed by atoms with Crippen LogP contribution in [0.5, 0.6) is 0 Å². The molecule has 2 N–H and O–H groups in total. The number of nitrogens with zero attached hydrogens (tertiary/aromatic N) is 2. The van der Waals surface area contributed by atoms with Crippen molar-refractivity contribution in [2.75, 3.05) is 25.0 Å². The molecule has 130 valence electrons. The Morgan fingerprint density at radius 1 is 1.12 bits per heavy atom. The highest BCUT2D eigenvalue weighted by molar-refractivity contribution is 5.77. The molecule has 1 heterocycles. The summed E-state index contributed by atoms with van der Waals surface area (Å²) in [7, 11) is 0. The fraction of sp³-hybridized carbons (Fsp3) is 0.722. The third kappa shape index (κ3) is 4.66. The smallest absolute Gasteiger partial charge is 0.246 e. The Hall–Kier alpha value is -1.69. The number of carbonyl (C=O) groups is 1. The summed E-state index contributed by atoms with van der Waals surface area (Å²) in [5, 5.41) is 6.37. The summed E-state index contributed by atoms with van der Waals surface area (Å²) in [6, 6.07) is 0. The van der Waals surface area contributed by atoms with Gasteiger partial charge in [-0.05, 0) is 50.4 Å². The average Bonchev–Trinajstić information content (AvgIpc) is 3.46. The molecule has 0 atom stereocenters. The lowest BCUT2D eigenvalue weighted by atomic mass is 10.3. The number of hydrogen-bond donors (Lipinski definition) is 2. The van der Waals surface area contributed by atoms with Crippen molar-refractivity contribution < 1.29 is 9.53 Å². The van der Waals surface area contributed by atoms with Crippen LogP contribution in [0, 0.1) is 11.8 Å². The maximum atomic E-state index is 11.7. The Morgan fingerprint density at radius 2 is 1.88 bits per heavy atom. The van der Waals surface area contributed by atoms with Gasteiger partial charge in [0.1, 0.15) is 18.2 Å². The molecule has 4 rings (SSSR count). The second kappa shape index (κ2) is 7.05. The molecular weight excluding hydrogens is 304 g/mol. The summed E-state index contributed by atoms with van der Waals surface area (Å²) in [4.78, 5) is 20.9. The minimum atomic E-state index is -0.0371. The number of nitrogens with one attached hydrogen (secondary N) is 2. The van der Waals surface area contributed by atoms with Gasteiger partial charge in [0, 0.05) is 30.8 Å². The standard InChI is InChI=1S/C18H26N4O2/c23-16(19-7-12-1-2-12)11-24-10-15-9-21-17(14-5-6-14)22-18(15)20-8-13-3-4-13/h9,12-14H,1-8,10-11H2,(H,19,23)(H,20,21,22). The molecule has 1 amide bonds. The molecule has 0 radical (unpaired) electrons. The molecule has 0 saturated heterocycles. The van der Waals surface area contributed by atoms with E-state index in [-0.39, 0.29) is 12.5 Å². The van der Waals surface area contributed by atoms with Crippen LogP contribution in [0.3, 0.4) is 0 Å². The van der Waals surface area contributed by atoms with Crippen LogP contribution in [0.15, 0.2) is 6.20 Å². The van der Waals surface area contributed by atoms with E-state index in [0.29, 0.717) is 18.4 Å². The summed E-state index contributed by atoms with van der Waals surface area (Å²) in [6.07, 6.45) is 9.33. The molecule has 3 fully saturated rings. The van der Waals surface area contributed by atoms with Gasteiger partial charge in [-0.25, -0.2) is 9.97 Å². The highest BCUT2D eigenvalue weighted by atomic mass is 16.5. The minimum Gasteiger partial charge on any atom is -0.369 e. The zero-order valence-corrected chi connectivity index (χ0v) is 14.1. The molecule has 0 bridgehead atoms. The predicted molar refractivity (Wildman–Crippen MR) is 90.6 cm³/mol. The first-order valence-corrected chi connectivity index (χ1v) is 9.22. The first-order valence-electron chi connectivity index (χ1n) is 9.22. The number of carbonyl (C=O) groups excluding carboxylic acids is 1. The van der Waals surface area contributed by atoms with Crippen LogP contribution in [-0.4, -0.2) is 35.6 Å². The van der Waals surface area contributed by atoms with E-state index in [1.807, 2.05) is 6.20 Å². The molecule has 3 saturated carbocycles. The molecule has 6 nitrogen and oxygen atoms in total. The van der Waals surface area contributed by atoms with Crippen LogP contribution < -0.4 is 10.6 Å². The van der Waals surface area contributed by atoms with Crippen LogP contribution in [0.25, 0.3) is 0 Å². The third-order valence-corrected chi connectivity index (χ3v) is 4.86. The van der Waals surface area contributed by atoms with Gasteiger partial charge in [-0.2, -0.15) is 0 Å². The van der Waals surface area contributed by atoms with Gasteiger partial charge >= 0.3 is 0 Å². The molecule has 3 aliphatic rings. The fourth-order valence-electron chi connectivity index (χ4n) is 2.67. The molecule has 6 heteroatoms. The lowest BCUT2D eigenvalue weighted by Crippen LogP contribution is -2.29. The Labute approximate surface area is 142 Å². The lowest BCUT2D eigenvalue weighted by Gasteiger charge is -2.12. The van der Waals surface area contributed by atoms with Crippen molar-refractivity contribution >= 4 is 11.7 Å². The second-order valence-corrected chi connectivity index (χ2v) is 7.44. The molecule has 1 aromatic heterocycles. The Bertz CT molecular complexity index is 595. The maximum absolute atomic E-state index is 11.7. The van der Waals surface area contributed by atoms with Crippen molar-refractivity contribution in [1.82, 2.24) is 15.3 Å². The molecule has 3 aliphatic carbocycles. The normalized spacial score (nSPS) is 20.0. The van der Waals surface area contributed by atoms with Crippen LogP contribution in [0.2, 0.25) is 0 Å². The topological polar surface area (TPSA) is 76.1 Å². The van der Waals surface area contributed by atoms with Gasteiger partial charge < -0.3 is 15.4 Å². The molecule has 0 unspecified atom stereocenters. The molecule has 0 aromatic carbocycles. The highest BCUT2D eigenvalue weighted by Gasteiger charge is 2.28. The van der Waals surface area contributed by atoms with E-state index in [2.05, 4.69) is 15.6 Å².